The zero-order valence-electron chi connectivity index (χ0n) is 15.9. The standard InChI is InChI=1S/C18H25N7O2/c1-21-5-9-23(10-6-21)17-18(24-11-7-22(2)8-12-24)20-16-13-14(25(26)27)3-4-15(16)19-17/h3-4,13H,5-12H2,1-2H3/p+2. The molecular weight excluding hydrogens is 346 g/mol. The number of nitrogens with zero attached hydrogens (tertiary/aromatic N) is 5. The molecule has 2 fully saturated rings. The molecule has 4 rings (SSSR count). The first kappa shape index (κ1) is 17.9. The van der Waals surface area contributed by atoms with E-state index in [0.29, 0.717) is 11.0 Å². The number of likely N-dealkylation sites (N-methyl/N-ethyl adjacent to an activating group) is 2. The highest BCUT2D eigenvalue weighted by atomic mass is 16.6. The maximum atomic E-state index is 11.1. The summed E-state index contributed by atoms with van der Waals surface area (Å²) in [6.07, 6.45) is 0. The van der Waals surface area contributed by atoms with Crippen LogP contribution in [0.1, 0.15) is 0 Å². The van der Waals surface area contributed by atoms with E-state index in [1.54, 1.807) is 6.07 Å². The van der Waals surface area contributed by atoms with Crippen LogP contribution < -0.4 is 19.6 Å². The first-order chi connectivity index (χ1) is 13.0. The van der Waals surface area contributed by atoms with Gasteiger partial charge < -0.3 is 19.6 Å². The number of nitro benzene ring substituents is 1. The summed E-state index contributed by atoms with van der Waals surface area (Å²) < 4.78 is 0. The molecule has 0 radical (unpaired) electrons. The third kappa shape index (κ3) is 3.65. The minimum atomic E-state index is -0.378. The summed E-state index contributed by atoms with van der Waals surface area (Å²) in [7, 11) is 4.42. The Hall–Kier alpha value is -2.52. The maximum Gasteiger partial charge on any atom is 0.271 e. The van der Waals surface area contributed by atoms with Crippen molar-refractivity contribution in [3.63, 3.8) is 0 Å². The predicted molar refractivity (Wildman–Crippen MR) is 104 cm³/mol. The Morgan fingerprint density at radius 1 is 0.889 bits per heavy atom. The van der Waals surface area contributed by atoms with Crippen LogP contribution in [0.15, 0.2) is 18.2 Å². The largest absolute Gasteiger partial charge is 0.342 e. The molecule has 0 unspecified atom stereocenters. The predicted octanol–water partition coefficient (Wildman–Crippen LogP) is -1.79. The van der Waals surface area contributed by atoms with Gasteiger partial charge in [0.2, 0.25) is 0 Å². The van der Waals surface area contributed by atoms with Crippen LogP contribution in [-0.2, 0) is 0 Å². The van der Waals surface area contributed by atoms with E-state index in [4.69, 9.17) is 9.97 Å². The molecule has 0 amide bonds. The molecule has 2 aliphatic rings. The number of hydrogen-bond donors (Lipinski definition) is 2. The van der Waals surface area contributed by atoms with Gasteiger partial charge in [-0.15, -0.1) is 0 Å². The highest BCUT2D eigenvalue weighted by Crippen LogP contribution is 2.29. The number of nitro groups is 1. The quantitative estimate of drug-likeness (QED) is 0.488. The number of quaternary nitrogens is 2. The van der Waals surface area contributed by atoms with Crippen molar-refractivity contribution in [3.05, 3.63) is 28.3 Å². The van der Waals surface area contributed by atoms with Gasteiger partial charge in [0.1, 0.15) is 0 Å². The van der Waals surface area contributed by atoms with Crippen LogP contribution in [0, 0.1) is 10.1 Å². The smallest absolute Gasteiger partial charge is 0.271 e. The summed E-state index contributed by atoms with van der Waals surface area (Å²) in [5.74, 6) is 1.79. The second-order valence-electron chi connectivity index (χ2n) is 7.69. The van der Waals surface area contributed by atoms with E-state index >= 15 is 0 Å². The van der Waals surface area contributed by atoms with Gasteiger partial charge in [-0.05, 0) is 6.07 Å². The summed E-state index contributed by atoms with van der Waals surface area (Å²) in [4.78, 5) is 28.2. The molecule has 0 atom stereocenters. The van der Waals surface area contributed by atoms with Gasteiger partial charge in [0.15, 0.2) is 11.6 Å². The molecule has 144 valence electrons. The lowest BCUT2D eigenvalue weighted by Gasteiger charge is -2.36. The van der Waals surface area contributed by atoms with Gasteiger partial charge in [-0.1, -0.05) is 0 Å². The van der Waals surface area contributed by atoms with E-state index in [0.717, 1.165) is 64.0 Å². The minimum Gasteiger partial charge on any atom is -0.342 e. The monoisotopic (exact) mass is 373 g/mol. The highest BCUT2D eigenvalue weighted by molar-refractivity contribution is 5.83. The molecule has 0 spiro atoms. The van der Waals surface area contributed by atoms with Crippen molar-refractivity contribution in [2.75, 3.05) is 76.3 Å². The number of benzene rings is 1. The maximum absolute atomic E-state index is 11.1. The minimum absolute atomic E-state index is 0.0570. The molecule has 1 aromatic carbocycles. The number of rotatable bonds is 3. The van der Waals surface area contributed by atoms with E-state index in [1.807, 2.05) is 0 Å². The lowest BCUT2D eigenvalue weighted by atomic mass is 10.2. The average molecular weight is 373 g/mol. The van der Waals surface area contributed by atoms with Gasteiger partial charge in [0.05, 0.1) is 82.4 Å². The summed E-state index contributed by atoms with van der Waals surface area (Å²) in [6.45, 7) is 8.01. The molecule has 9 nitrogen and oxygen atoms in total. The van der Waals surface area contributed by atoms with Gasteiger partial charge in [0.25, 0.3) is 5.69 Å². The molecular formula is C18H27N7O2+2. The Bertz CT molecular complexity index is 843. The van der Waals surface area contributed by atoms with Crippen LogP contribution in [0.25, 0.3) is 11.0 Å². The number of piperazine rings is 2. The van der Waals surface area contributed by atoms with Gasteiger partial charge in [-0.2, -0.15) is 0 Å². The zero-order chi connectivity index (χ0) is 19.0. The fraction of sp³-hybridized carbons (Fsp3) is 0.556. The Labute approximate surface area is 158 Å². The number of fused-ring (bicyclic) bond motifs is 1. The summed E-state index contributed by atoms with van der Waals surface area (Å²) >= 11 is 0. The molecule has 0 aliphatic carbocycles. The van der Waals surface area contributed by atoms with E-state index in [-0.39, 0.29) is 10.6 Å². The second kappa shape index (κ2) is 7.24. The van der Waals surface area contributed by atoms with Crippen molar-refractivity contribution in [3.8, 4) is 0 Å². The van der Waals surface area contributed by atoms with E-state index in [9.17, 15) is 10.1 Å². The Morgan fingerprint density at radius 2 is 1.37 bits per heavy atom. The van der Waals surface area contributed by atoms with Crippen LogP contribution >= 0.6 is 0 Å². The average Bonchev–Trinajstić information content (AvgIpc) is 2.68. The molecule has 2 aliphatic heterocycles. The summed E-state index contributed by atoms with van der Waals surface area (Å²) in [6, 6.07) is 4.75. The molecule has 1 aromatic heterocycles. The normalized spacial score (nSPS) is 19.6. The Morgan fingerprint density at radius 3 is 1.85 bits per heavy atom. The van der Waals surface area contributed by atoms with Gasteiger partial charge >= 0.3 is 0 Å². The molecule has 9 heteroatoms. The summed E-state index contributed by atoms with van der Waals surface area (Å²) in [5.41, 5.74) is 1.36. The number of anilines is 2. The molecule has 2 saturated heterocycles. The van der Waals surface area contributed by atoms with Gasteiger partial charge in [-0.3, -0.25) is 10.1 Å². The number of hydrogen-bond acceptors (Lipinski definition) is 6. The molecule has 2 N–H and O–H groups in total. The van der Waals surface area contributed by atoms with Crippen LogP contribution in [0.4, 0.5) is 17.3 Å². The molecule has 2 aromatic rings. The SMILES string of the molecule is C[NH+]1CCN(c2nc3ccc([N+](=O)[O-])cc3nc2N2CC[NH+](C)CC2)CC1. The van der Waals surface area contributed by atoms with Crippen molar-refractivity contribution in [2.45, 2.75) is 0 Å². The molecule has 0 saturated carbocycles. The highest BCUT2D eigenvalue weighted by Gasteiger charge is 2.27. The van der Waals surface area contributed by atoms with Crippen molar-refractivity contribution in [1.29, 1.82) is 0 Å². The van der Waals surface area contributed by atoms with Crippen molar-refractivity contribution < 1.29 is 14.7 Å². The van der Waals surface area contributed by atoms with Gasteiger partial charge in [-0.25, -0.2) is 9.97 Å². The van der Waals surface area contributed by atoms with E-state index in [1.165, 1.54) is 21.9 Å². The van der Waals surface area contributed by atoms with Crippen molar-refractivity contribution >= 4 is 28.4 Å². The molecule has 27 heavy (non-hydrogen) atoms. The number of nitrogens with one attached hydrogen (secondary N) is 2. The van der Waals surface area contributed by atoms with E-state index < -0.39 is 0 Å². The first-order valence-corrected chi connectivity index (χ1v) is 9.60. The van der Waals surface area contributed by atoms with Crippen LogP contribution in [0.2, 0.25) is 0 Å². The molecule has 0 bridgehead atoms. The van der Waals surface area contributed by atoms with Crippen molar-refractivity contribution in [1.82, 2.24) is 9.97 Å². The Kier molecular flexibility index (Phi) is 4.79. The zero-order valence-corrected chi connectivity index (χ0v) is 15.9. The summed E-state index contributed by atoms with van der Waals surface area (Å²) in [5, 5.41) is 11.1. The van der Waals surface area contributed by atoms with E-state index in [2.05, 4.69) is 23.9 Å². The third-order valence-electron chi connectivity index (χ3n) is 5.66. The fourth-order valence-electron chi connectivity index (χ4n) is 3.76. The van der Waals surface area contributed by atoms with Crippen LogP contribution in [-0.4, -0.2) is 81.3 Å². The Balaban J connectivity index is 1.77. The lowest BCUT2D eigenvalue weighted by molar-refractivity contribution is -0.880. The fourth-order valence-corrected chi connectivity index (χ4v) is 3.76. The van der Waals surface area contributed by atoms with Crippen LogP contribution in [0.3, 0.4) is 0 Å². The number of aromatic nitrogens is 2. The van der Waals surface area contributed by atoms with Crippen molar-refractivity contribution in [2.24, 2.45) is 0 Å². The third-order valence-corrected chi connectivity index (χ3v) is 5.66. The lowest BCUT2D eigenvalue weighted by Crippen LogP contribution is -3.12. The number of non-ortho nitro benzene ring substituents is 1. The topological polar surface area (TPSA) is 84.3 Å². The second-order valence-corrected chi connectivity index (χ2v) is 7.69. The first-order valence-electron chi connectivity index (χ1n) is 9.60. The van der Waals surface area contributed by atoms with Crippen LogP contribution in [0.5, 0.6) is 0 Å². The molecule has 3 heterocycles. The van der Waals surface area contributed by atoms with Gasteiger partial charge in [0, 0.05) is 12.1 Å².